The fourth-order valence-electron chi connectivity index (χ4n) is 2.68. The lowest BCUT2D eigenvalue weighted by Crippen LogP contribution is -2.19. The normalized spacial score (nSPS) is 15.6. The molecule has 0 bridgehead atoms. The summed E-state index contributed by atoms with van der Waals surface area (Å²) >= 11 is 1.23. The van der Waals surface area contributed by atoms with Crippen molar-refractivity contribution in [2.24, 2.45) is 4.99 Å². The molecule has 3 rings (SSSR count). The van der Waals surface area contributed by atoms with Gasteiger partial charge in [0, 0.05) is 0 Å². The van der Waals surface area contributed by atoms with Gasteiger partial charge >= 0.3 is 5.97 Å². The van der Waals surface area contributed by atoms with Crippen molar-refractivity contribution in [1.82, 2.24) is 5.32 Å². The number of amides is 1. The molecule has 0 atom stereocenters. The molecule has 0 radical (unpaired) electrons. The number of hydrogen-bond donors (Lipinski definition) is 1. The highest BCUT2D eigenvalue weighted by Gasteiger charge is 2.24. The summed E-state index contributed by atoms with van der Waals surface area (Å²) in [4.78, 5) is 29.0. The quantitative estimate of drug-likeness (QED) is 0.375. The molecular formula is C23H22N2O5S. The van der Waals surface area contributed by atoms with Crippen molar-refractivity contribution in [1.29, 1.82) is 0 Å². The summed E-state index contributed by atoms with van der Waals surface area (Å²) in [5.74, 6) is 0.543. The number of aliphatic imine (C=N–C) groups is 1. The molecule has 1 aliphatic rings. The lowest BCUT2D eigenvalue weighted by molar-refractivity contribution is -0.115. The highest BCUT2D eigenvalue weighted by Crippen LogP contribution is 2.32. The number of hydrogen-bond acceptors (Lipinski definition) is 7. The Kier molecular flexibility index (Phi) is 7.50. The summed E-state index contributed by atoms with van der Waals surface area (Å²) in [5.41, 5.74) is 1.85. The third-order valence-electron chi connectivity index (χ3n) is 4.10. The molecule has 0 aliphatic carbocycles. The summed E-state index contributed by atoms with van der Waals surface area (Å²) in [7, 11) is 1.56. The first kappa shape index (κ1) is 22.2. The molecule has 1 N–H and O–H groups in total. The Morgan fingerprint density at radius 2 is 1.97 bits per heavy atom. The van der Waals surface area contributed by atoms with Crippen LogP contribution in [0, 0.1) is 0 Å². The number of benzene rings is 2. The molecule has 1 heterocycles. The number of carbonyl (C=O) groups is 2. The highest BCUT2D eigenvalue weighted by molar-refractivity contribution is 8.18. The van der Waals surface area contributed by atoms with Crippen LogP contribution in [0.3, 0.4) is 0 Å². The maximum absolute atomic E-state index is 12.3. The zero-order valence-corrected chi connectivity index (χ0v) is 18.0. The SMILES string of the molecule is C=CCOc1ccc(/C=C2\SC(=Nc3ccc(C(=O)OCC)cc3)NC2=O)cc1OC. The summed E-state index contributed by atoms with van der Waals surface area (Å²) in [5, 5.41) is 3.20. The standard InChI is InChI=1S/C23H22N2O5S/c1-4-12-30-18-11-6-15(13-19(18)28-3)14-20-21(26)25-23(31-20)24-17-9-7-16(8-10-17)22(27)29-5-2/h4,6-11,13-14H,1,5,12H2,2-3H3,(H,24,25,26)/b20-14-. The number of amidine groups is 1. The van der Waals surface area contributed by atoms with E-state index in [4.69, 9.17) is 14.2 Å². The molecular weight excluding hydrogens is 416 g/mol. The van der Waals surface area contributed by atoms with Gasteiger partial charge in [-0.2, -0.15) is 0 Å². The van der Waals surface area contributed by atoms with Gasteiger partial charge in [0.2, 0.25) is 0 Å². The maximum atomic E-state index is 12.3. The molecule has 31 heavy (non-hydrogen) atoms. The summed E-state index contributed by atoms with van der Waals surface area (Å²) < 4.78 is 15.9. The molecule has 1 aliphatic heterocycles. The van der Waals surface area contributed by atoms with Crippen LogP contribution in [0.5, 0.6) is 11.5 Å². The Bertz CT molecular complexity index is 1040. The molecule has 1 fully saturated rings. The first-order valence-electron chi connectivity index (χ1n) is 9.52. The molecule has 1 saturated heterocycles. The molecule has 0 saturated carbocycles. The number of rotatable bonds is 8. The van der Waals surface area contributed by atoms with Crippen LogP contribution in [0.2, 0.25) is 0 Å². The average Bonchev–Trinajstić information content (AvgIpc) is 3.11. The number of carbonyl (C=O) groups excluding carboxylic acids is 2. The Morgan fingerprint density at radius 1 is 1.19 bits per heavy atom. The zero-order valence-electron chi connectivity index (χ0n) is 17.2. The van der Waals surface area contributed by atoms with Gasteiger partial charge in [0.25, 0.3) is 5.91 Å². The van der Waals surface area contributed by atoms with Crippen LogP contribution in [-0.4, -0.2) is 37.4 Å². The number of thioether (sulfide) groups is 1. The van der Waals surface area contributed by atoms with E-state index in [1.165, 1.54) is 11.8 Å². The maximum Gasteiger partial charge on any atom is 0.338 e. The topological polar surface area (TPSA) is 86.2 Å². The number of ether oxygens (including phenoxy) is 3. The predicted molar refractivity (Wildman–Crippen MR) is 122 cm³/mol. The Hall–Kier alpha value is -3.52. The van der Waals surface area contributed by atoms with E-state index < -0.39 is 0 Å². The van der Waals surface area contributed by atoms with Gasteiger partial charge in [-0.15, -0.1) is 0 Å². The minimum absolute atomic E-state index is 0.238. The minimum atomic E-state index is -0.383. The lowest BCUT2D eigenvalue weighted by atomic mass is 10.2. The van der Waals surface area contributed by atoms with Gasteiger partial charge in [0.15, 0.2) is 16.7 Å². The second kappa shape index (κ2) is 10.5. The number of nitrogens with one attached hydrogen (secondary N) is 1. The Labute approximate surface area is 184 Å². The van der Waals surface area contributed by atoms with Crippen molar-refractivity contribution in [3.8, 4) is 11.5 Å². The zero-order chi connectivity index (χ0) is 22.2. The van der Waals surface area contributed by atoms with E-state index in [1.807, 2.05) is 6.07 Å². The molecule has 160 valence electrons. The first-order valence-corrected chi connectivity index (χ1v) is 10.3. The fraction of sp³-hybridized carbons (Fsp3) is 0.174. The largest absolute Gasteiger partial charge is 0.493 e. The Balaban J connectivity index is 1.74. The van der Waals surface area contributed by atoms with Crippen LogP contribution >= 0.6 is 11.8 Å². The Morgan fingerprint density at radius 3 is 2.65 bits per heavy atom. The number of methoxy groups -OCH3 is 1. The van der Waals surface area contributed by atoms with Crippen molar-refractivity contribution in [3.05, 3.63) is 71.2 Å². The van der Waals surface area contributed by atoms with Crippen LogP contribution in [0.1, 0.15) is 22.8 Å². The molecule has 2 aromatic carbocycles. The molecule has 1 amide bonds. The van der Waals surface area contributed by atoms with Crippen molar-refractivity contribution < 1.29 is 23.8 Å². The van der Waals surface area contributed by atoms with Crippen molar-refractivity contribution in [3.63, 3.8) is 0 Å². The number of nitrogens with zero attached hydrogens (tertiary/aromatic N) is 1. The smallest absolute Gasteiger partial charge is 0.338 e. The van der Waals surface area contributed by atoms with Crippen LogP contribution in [-0.2, 0) is 9.53 Å². The van der Waals surface area contributed by atoms with E-state index in [0.29, 0.717) is 46.0 Å². The van der Waals surface area contributed by atoms with Crippen molar-refractivity contribution >= 4 is 40.6 Å². The van der Waals surface area contributed by atoms with Gasteiger partial charge in [-0.1, -0.05) is 18.7 Å². The second-order valence-electron chi connectivity index (χ2n) is 6.26. The minimum Gasteiger partial charge on any atom is -0.493 e. The van der Waals surface area contributed by atoms with E-state index in [9.17, 15) is 9.59 Å². The first-order chi connectivity index (χ1) is 15.0. The van der Waals surface area contributed by atoms with Crippen molar-refractivity contribution in [2.75, 3.05) is 20.3 Å². The highest BCUT2D eigenvalue weighted by atomic mass is 32.2. The van der Waals surface area contributed by atoms with Crippen LogP contribution in [0.15, 0.2) is 65.0 Å². The van der Waals surface area contributed by atoms with Gasteiger partial charge in [0.1, 0.15) is 6.61 Å². The summed E-state index contributed by atoms with van der Waals surface area (Å²) in [6.45, 7) is 6.07. The molecule has 7 nitrogen and oxygen atoms in total. The summed E-state index contributed by atoms with van der Waals surface area (Å²) in [6.07, 6.45) is 3.41. The number of esters is 1. The van der Waals surface area contributed by atoms with E-state index in [0.717, 1.165) is 5.56 Å². The second-order valence-corrected chi connectivity index (χ2v) is 7.29. The molecule has 0 unspecified atom stereocenters. The molecule has 8 heteroatoms. The third-order valence-corrected chi connectivity index (χ3v) is 5.01. The molecule has 2 aromatic rings. The fourth-order valence-corrected chi connectivity index (χ4v) is 3.52. The van der Waals surface area contributed by atoms with Gasteiger partial charge in [-0.05, 0) is 66.7 Å². The monoisotopic (exact) mass is 438 g/mol. The predicted octanol–water partition coefficient (Wildman–Crippen LogP) is 4.33. The third kappa shape index (κ3) is 5.76. The lowest BCUT2D eigenvalue weighted by Gasteiger charge is -2.09. The van der Waals surface area contributed by atoms with E-state index in [2.05, 4.69) is 16.9 Å². The van der Waals surface area contributed by atoms with Gasteiger partial charge in [0.05, 0.1) is 29.9 Å². The van der Waals surface area contributed by atoms with Crippen LogP contribution in [0.4, 0.5) is 5.69 Å². The van der Waals surface area contributed by atoms with Gasteiger partial charge in [-0.25, -0.2) is 9.79 Å². The van der Waals surface area contributed by atoms with Crippen LogP contribution in [0.25, 0.3) is 6.08 Å². The van der Waals surface area contributed by atoms with Crippen LogP contribution < -0.4 is 14.8 Å². The summed E-state index contributed by atoms with van der Waals surface area (Å²) in [6, 6.07) is 12.1. The van der Waals surface area contributed by atoms with Gasteiger partial charge in [-0.3, -0.25) is 4.79 Å². The van der Waals surface area contributed by atoms with Crippen molar-refractivity contribution in [2.45, 2.75) is 6.92 Å². The van der Waals surface area contributed by atoms with E-state index in [1.54, 1.807) is 62.6 Å². The molecule has 0 aromatic heterocycles. The molecule has 0 spiro atoms. The average molecular weight is 439 g/mol. The van der Waals surface area contributed by atoms with E-state index in [-0.39, 0.29) is 11.9 Å². The van der Waals surface area contributed by atoms with E-state index >= 15 is 0 Å². The van der Waals surface area contributed by atoms with Gasteiger partial charge < -0.3 is 19.5 Å².